The number of rotatable bonds is 6. The van der Waals surface area contributed by atoms with E-state index in [1.165, 1.54) is 11.1 Å². The van der Waals surface area contributed by atoms with Gasteiger partial charge in [0.15, 0.2) is 0 Å². The molecule has 0 fully saturated rings. The Balaban J connectivity index is 2.02. The highest BCUT2D eigenvalue weighted by atomic mass is 16.5. The summed E-state index contributed by atoms with van der Waals surface area (Å²) in [7, 11) is 1.68. The van der Waals surface area contributed by atoms with Crippen molar-refractivity contribution < 1.29 is 9.47 Å². The van der Waals surface area contributed by atoms with E-state index in [2.05, 4.69) is 24.4 Å². The van der Waals surface area contributed by atoms with Gasteiger partial charge in [-0.15, -0.1) is 0 Å². The lowest BCUT2D eigenvalue weighted by atomic mass is 10.1. The second-order valence-corrected chi connectivity index (χ2v) is 5.35. The Morgan fingerprint density at radius 3 is 2.52 bits per heavy atom. The predicted molar refractivity (Wildman–Crippen MR) is 87.3 cm³/mol. The zero-order valence-electron chi connectivity index (χ0n) is 13.1. The van der Waals surface area contributed by atoms with E-state index < -0.39 is 0 Å². The molecule has 0 aromatic heterocycles. The molecular formula is C18H23NO2. The van der Waals surface area contributed by atoms with Crippen LogP contribution >= 0.6 is 0 Å². The van der Waals surface area contributed by atoms with Crippen molar-refractivity contribution in [3.63, 3.8) is 0 Å². The van der Waals surface area contributed by atoms with Crippen molar-refractivity contribution in [1.82, 2.24) is 0 Å². The van der Waals surface area contributed by atoms with Gasteiger partial charge in [-0.1, -0.05) is 12.1 Å². The van der Waals surface area contributed by atoms with Gasteiger partial charge in [-0.05, 0) is 62.2 Å². The van der Waals surface area contributed by atoms with Crippen molar-refractivity contribution in [2.24, 2.45) is 0 Å². The summed E-state index contributed by atoms with van der Waals surface area (Å²) in [4.78, 5) is 0. The summed E-state index contributed by atoms with van der Waals surface area (Å²) in [6, 6.07) is 14.2. The molecule has 112 valence electrons. The fraction of sp³-hybridized carbons (Fsp3) is 0.333. The molecule has 0 radical (unpaired) electrons. The van der Waals surface area contributed by atoms with E-state index in [0.717, 1.165) is 23.7 Å². The number of aryl methyl sites for hydroxylation is 1. The largest absolute Gasteiger partial charge is 0.497 e. The monoisotopic (exact) mass is 285 g/mol. The van der Waals surface area contributed by atoms with Crippen LogP contribution in [-0.2, 0) is 6.54 Å². The maximum absolute atomic E-state index is 5.72. The summed E-state index contributed by atoms with van der Waals surface area (Å²) < 4.78 is 10.9. The van der Waals surface area contributed by atoms with Crippen LogP contribution in [0.5, 0.6) is 11.5 Å². The lowest BCUT2D eigenvalue weighted by molar-refractivity contribution is 0.242. The maximum atomic E-state index is 5.72. The molecule has 1 N–H and O–H groups in total. The molecule has 0 heterocycles. The van der Waals surface area contributed by atoms with Crippen LogP contribution in [0.4, 0.5) is 5.69 Å². The summed E-state index contributed by atoms with van der Waals surface area (Å²) in [5, 5.41) is 3.45. The van der Waals surface area contributed by atoms with Crippen molar-refractivity contribution in [1.29, 1.82) is 0 Å². The molecule has 0 aliphatic rings. The molecule has 3 nitrogen and oxygen atoms in total. The zero-order chi connectivity index (χ0) is 15.2. The molecule has 2 aromatic carbocycles. The van der Waals surface area contributed by atoms with Crippen molar-refractivity contribution in [3.05, 3.63) is 53.6 Å². The summed E-state index contributed by atoms with van der Waals surface area (Å²) in [6.07, 6.45) is 0.192. The minimum atomic E-state index is 0.192. The summed E-state index contributed by atoms with van der Waals surface area (Å²) in [5.41, 5.74) is 3.48. The average Bonchev–Trinajstić information content (AvgIpc) is 2.45. The first-order valence-corrected chi connectivity index (χ1v) is 7.22. The predicted octanol–water partition coefficient (Wildman–Crippen LogP) is 4.40. The van der Waals surface area contributed by atoms with Crippen LogP contribution < -0.4 is 14.8 Å². The minimum absolute atomic E-state index is 0.192. The molecule has 0 aliphatic carbocycles. The first-order valence-electron chi connectivity index (χ1n) is 7.22. The molecule has 21 heavy (non-hydrogen) atoms. The molecule has 0 unspecified atom stereocenters. The Morgan fingerprint density at radius 2 is 1.86 bits per heavy atom. The van der Waals surface area contributed by atoms with E-state index in [9.17, 15) is 0 Å². The number of anilines is 1. The Kier molecular flexibility index (Phi) is 5.09. The Bertz CT molecular complexity index is 594. The van der Waals surface area contributed by atoms with E-state index in [4.69, 9.17) is 9.47 Å². The molecule has 0 saturated heterocycles. The quantitative estimate of drug-likeness (QED) is 0.853. The molecule has 2 aromatic rings. The number of hydrogen-bond donors (Lipinski definition) is 1. The highest BCUT2D eigenvalue weighted by Crippen LogP contribution is 2.22. The number of nitrogens with one attached hydrogen (secondary N) is 1. The number of ether oxygens (including phenoxy) is 2. The number of benzene rings is 2. The van der Waals surface area contributed by atoms with Gasteiger partial charge >= 0.3 is 0 Å². The van der Waals surface area contributed by atoms with Gasteiger partial charge < -0.3 is 14.8 Å². The van der Waals surface area contributed by atoms with E-state index in [1.807, 2.05) is 44.2 Å². The average molecular weight is 285 g/mol. The van der Waals surface area contributed by atoms with E-state index in [0.29, 0.717) is 0 Å². The van der Waals surface area contributed by atoms with Crippen LogP contribution in [0.2, 0.25) is 0 Å². The smallest absolute Gasteiger partial charge is 0.120 e. The Labute approximate surface area is 126 Å². The lowest BCUT2D eigenvalue weighted by Crippen LogP contribution is -2.06. The molecule has 0 aliphatic heterocycles. The molecule has 2 rings (SSSR count). The SMILES string of the molecule is COc1ccc(NCc2cccc(OC(C)C)c2)c(C)c1. The fourth-order valence-electron chi connectivity index (χ4n) is 2.16. The van der Waals surface area contributed by atoms with Crippen molar-refractivity contribution in [3.8, 4) is 11.5 Å². The van der Waals surface area contributed by atoms with Gasteiger partial charge in [-0.2, -0.15) is 0 Å². The summed E-state index contributed by atoms with van der Waals surface area (Å²) in [6.45, 7) is 6.91. The van der Waals surface area contributed by atoms with E-state index in [1.54, 1.807) is 7.11 Å². The van der Waals surface area contributed by atoms with Crippen LogP contribution in [0.15, 0.2) is 42.5 Å². The summed E-state index contributed by atoms with van der Waals surface area (Å²) >= 11 is 0. The van der Waals surface area contributed by atoms with E-state index in [-0.39, 0.29) is 6.10 Å². The fourth-order valence-corrected chi connectivity index (χ4v) is 2.16. The second kappa shape index (κ2) is 7.02. The van der Waals surface area contributed by atoms with Crippen molar-refractivity contribution >= 4 is 5.69 Å². The van der Waals surface area contributed by atoms with Gasteiger partial charge in [0.25, 0.3) is 0 Å². The van der Waals surface area contributed by atoms with Gasteiger partial charge in [0.2, 0.25) is 0 Å². The maximum Gasteiger partial charge on any atom is 0.120 e. The van der Waals surface area contributed by atoms with E-state index >= 15 is 0 Å². The molecule has 3 heteroatoms. The molecular weight excluding hydrogens is 262 g/mol. The topological polar surface area (TPSA) is 30.5 Å². The third-order valence-electron chi connectivity index (χ3n) is 3.19. The van der Waals surface area contributed by atoms with Gasteiger partial charge in [0, 0.05) is 12.2 Å². The highest BCUT2D eigenvalue weighted by molar-refractivity contribution is 5.54. The van der Waals surface area contributed by atoms with Crippen LogP contribution in [0.3, 0.4) is 0 Å². The number of methoxy groups -OCH3 is 1. The molecule has 0 amide bonds. The summed E-state index contributed by atoms with van der Waals surface area (Å²) in [5.74, 6) is 1.79. The highest BCUT2D eigenvalue weighted by Gasteiger charge is 2.02. The van der Waals surface area contributed by atoms with Crippen LogP contribution in [0, 0.1) is 6.92 Å². The van der Waals surface area contributed by atoms with Crippen LogP contribution in [0.25, 0.3) is 0 Å². The minimum Gasteiger partial charge on any atom is -0.497 e. The number of hydrogen-bond acceptors (Lipinski definition) is 3. The lowest BCUT2D eigenvalue weighted by Gasteiger charge is -2.13. The first-order chi connectivity index (χ1) is 10.1. The van der Waals surface area contributed by atoms with Crippen LogP contribution in [-0.4, -0.2) is 13.2 Å². The molecule has 0 spiro atoms. The zero-order valence-corrected chi connectivity index (χ0v) is 13.1. The normalized spacial score (nSPS) is 10.5. The third-order valence-corrected chi connectivity index (χ3v) is 3.19. The van der Waals surface area contributed by atoms with Gasteiger partial charge in [-0.25, -0.2) is 0 Å². The van der Waals surface area contributed by atoms with Gasteiger partial charge in [-0.3, -0.25) is 0 Å². The standard InChI is InChI=1S/C18H23NO2/c1-13(2)21-17-7-5-6-15(11-17)12-19-18-9-8-16(20-4)10-14(18)3/h5-11,13,19H,12H2,1-4H3. The Morgan fingerprint density at radius 1 is 1.05 bits per heavy atom. The molecule has 0 bridgehead atoms. The first kappa shape index (κ1) is 15.2. The van der Waals surface area contributed by atoms with Crippen LogP contribution in [0.1, 0.15) is 25.0 Å². The third kappa shape index (κ3) is 4.42. The van der Waals surface area contributed by atoms with Crippen molar-refractivity contribution in [2.75, 3.05) is 12.4 Å². The Hall–Kier alpha value is -2.16. The molecule has 0 atom stereocenters. The van der Waals surface area contributed by atoms with Crippen molar-refractivity contribution in [2.45, 2.75) is 33.4 Å². The second-order valence-electron chi connectivity index (χ2n) is 5.35. The molecule has 0 saturated carbocycles. The van der Waals surface area contributed by atoms with Gasteiger partial charge in [0.1, 0.15) is 11.5 Å². The van der Waals surface area contributed by atoms with Gasteiger partial charge in [0.05, 0.1) is 13.2 Å².